The molecule has 1 atom stereocenters. The Balaban J connectivity index is 2.32. The summed E-state index contributed by atoms with van der Waals surface area (Å²) in [6.07, 6.45) is 0. The second kappa shape index (κ2) is 7.05. The Kier molecular flexibility index (Phi) is 5.37. The summed E-state index contributed by atoms with van der Waals surface area (Å²) in [5.41, 5.74) is 1.64. The van der Waals surface area contributed by atoms with Crippen molar-refractivity contribution in [1.29, 1.82) is 0 Å². The Hall–Kier alpha value is -1.39. The van der Waals surface area contributed by atoms with Gasteiger partial charge in [-0.1, -0.05) is 22.9 Å². The van der Waals surface area contributed by atoms with Crippen LogP contribution in [0.1, 0.15) is 31.0 Å². The summed E-state index contributed by atoms with van der Waals surface area (Å²) in [5.74, 6) is 1.19. The molecule has 0 saturated heterocycles. The van der Waals surface area contributed by atoms with Crippen LogP contribution in [-0.4, -0.2) is 6.54 Å². The molecule has 2 rings (SSSR count). The normalized spacial score (nSPS) is 12.2. The third kappa shape index (κ3) is 4.05. The van der Waals surface area contributed by atoms with Gasteiger partial charge in [-0.15, -0.1) is 0 Å². The van der Waals surface area contributed by atoms with E-state index in [1.165, 1.54) is 6.07 Å². The van der Waals surface area contributed by atoms with Crippen LogP contribution in [-0.2, 0) is 0 Å². The lowest BCUT2D eigenvalue weighted by molar-refractivity contribution is 0.460. The molecule has 0 aliphatic heterocycles. The maximum Gasteiger partial charge on any atom is 0.132 e. The molecular weight excluding hydrogens is 333 g/mol. The molecule has 2 aromatic rings. The molecule has 4 heteroatoms. The number of aryl methyl sites for hydroxylation is 1. The zero-order valence-electron chi connectivity index (χ0n) is 12.4. The van der Waals surface area contributed by atoms with E-state index in [9.17, 15) is 4.39 Å². The Morgan fingerprint density at radius 2 is 2.00 bits per heavy atom. The predicted molar refractivity (Wildman–Crippen MR) is 87.4 cm³/mol. The molecule has 112 valence electrons. The van der Waals surface area contributed by atoms with Gasteiger partial charge >= 0.3 is 0 Å². The van der Waals surface area contributed by atoms with E-state index in [2.05, 4.69) is 35.1 Å². The van der Waals surface area contributed by atoms with Crippen molar-refractivity contribution in [1.82, 2.24) is 5.32 Å². The summed E-state index contributed by atoms with van der Waals surface area (Å²) in [6, 6.07) is 10.9. The fraction of sp³-hybridized carbons (Fsp3) is 0.294. The molecule has 0 bridgehead atoms. The maximum atomic E-state index is 13.3. The van der Waals surface area contributed by atoms with Crippen molar-refractivity contribution in [3.8, 4) is 11.5 Å². The SMILES string of the molecule is CCNC(C)c1cc(Br)ccc1Oc1ccc(F)c(C)c1. The number of halogens is 2. The first-order valence-corrected chi connectivity index (χ1v) is 7.77. The van der Waals surface area contributed by atoms with Crippen LogP contribution in [0.2, 0.25) is 0 Å². The lowest BCUT2D eigenvalue weighted by Crippen LogP contribution is -2.18. The van der Waals surface area contributed by atoms with Gasteiger partial charge in [-0.05, 0) is 62.4 Å². The Labute approximate surface area is 133 Å². The van der Waals surface area contributed by atoms with Crippen molar-refractivity contribution in [2.24, 2.45) is 0 Å². The Morgan fingerprint density at radius 1 is 1.24 bits per heavy atom. The number of hydrogen-bond donors (Lipinski definition) is 1. The third-order valence-electron chi connectivity index (χ3n) is 3.31. The van der Waals surface area contributed by atoms with Gasteiger partial charge in [-0.25, -0.2) is 4.39 Å². The number of benzene rings is 2. The Bertz CT molecular complexity index is 630. The topological polar surface area (TPSA) is 21.3 Å². The molecule has 0 heterocycles. The fourth-order valence-corrected chi connectivity index (χ4v) is 2.55. The largest absolute Gasteiger partial charge is 0.457 e. The van der Waals surface area contributed by atoms with Gasteiger partial charge in [0.15, 0.2) is 0 Å². The van der Waals surface area contributed by atoms with Crippen LogP contribution in [0.5, 0.6) is 11.5 Å². The molecule has 0 amide bonds. The van der Waals surface area contributed by atoms with Crippen LogP contribution in [0, 0.1) is 12.7 Å². The number of rotatable bonds is 5. The summed E-state index contributed by atoms with van der Waals surface area (Å²) < 4.78 is 20.3. The van der Waals surface area contributed by atoms with Crippen LogP contribution in [0.3, 0.4) is 0 Å². The highest BCUT2D eigenvalue weighted by Gasteiger charge is 2.12. The molecular formula is C17H19BrFNO. The lowest BCUT2D eigenvalue weighted by Gasteiger charge is -2.18. The highest BCUT2D eigenvalue weighted by atomic mass is 79.9. The van der Waals surface area contributed by atoms with Crippen LogP contribution in [0.15, 0.2) is 40.9 Å². The van der Waals surface area contributed by atoms with E-state index in [1.54, 1.807) is 19.1 Å². The molecule has 0 saturated carbocycles. The number of hydrogen-bond acceptors (Lipinski definition) is 2. The molecule has 0 aliphatic carbocycles. The van der Waals surface area contributed by atoms with Crippen LogP contribution >= 0.6 is 15.9 Å². The van der Waals surface area contributed by atoms with Gasteiger partial charge in [0.05, 0.1) is 0 Å². The summed E-state index contributed by atoms with van der Waals surface area (Å²) >= 11 is 3.49. The molecule has 0 fully saturated rings. The van der Waals surface area contributed by atoms with Crippen molar-refractivity contribution < 1.29 is 9.13 Å². The standard InChI is InChI=1S/C17H19BrFNO/c1-4-20-12(3)15-10-13(18)5-8-17(15)21-14-6-7-16(19)11(2)9-14/h5-10,12,20H,4H2,1-3H3. The smallest absolute Gasteiger partial charge is 0.132 e. The van der Waals surface area contributed by atoms with Gasteiger partial charge in [-0.2, -0.15) is 0 Å². The van der Waals surface area contributed by atoms with Gasteiger partial charge in [0.2, 0.25) is 0 Å². The van der Waals surface area contributed by atoms with Crippen LogP contribution < -0.4 is 10.1 Å². The summed E-state index contributed by atoms with van der Waals surface area (Å²) in [6.45, 7) is 6.76. The van der Waals surface area contributed by atoms with Gasteiger partial charge in [-0.3, -0.25) is 0 Å². The molecule has 0 aliphatic rings. The molecule has 2 nitrogen and oxygen atoms in total. The fourth-order valence-electron chi connectivity index (χ4n) is 2.17. The summed E-state index contributed by atoms with van der Waals surface area (Å²) in [4.78, 5) is 0. The molecule has 21 heavy (non-hydrogen) atoms. The summed E-state index contributed by atoms with van der Waals surface area (Å²) in [5, 5.41) is 3.37. The average Bonchev–Trinajstić information content (AvgIpc) is 2.45. The van der Waals surface area contributed by atoms with E-state index in [4.69, 9.17) is 4.74 Å². The van der Waals surface area contributed by atoms with E-state index < -0.39 is 0 Å². The second-order valence-corrected chi connectivity index (χ2v) is 5.89. The van der Waals surface area contributed by atoms with Gasteiger partial charge < -0.3 is 10.1 Å². The van der Waals surface area contributed by atoms with E-state index in [0.29, 0.717) is 11.3 Å². The Morgan fingerprint density at radius 3 is 2.67 bits per heavy atom. The molecule has 1 N–H and O–H groups in total. The third-order valence-corrected chi connectivity index (χ3v) is 3.80. The van der Waals surface area contributed by atoms with Crippen molar-refractivity contribution in [3.05, 3.63) is 57.8 Å². The highest BCUT2D eigenvalue weighted by Crippen LogP contribution is 2.32. The predicted octanol–water partition coefficient (Wildman–Crippen LogP) is 5.36. The first kappa shape index (κ1) is 16.0. The van der Waals surface area contributed by atoms with Crippen molar-refractivity contribution in [2.75, 3.05) is 6.54 Å². The minimum atomic E-state index is -0.223. The molecule has 2 aromatic carbocycles. The van der Waals surface area contributed by atoms with Crippen molar-refractivity contribution in [3.63, 3.8) is 0 Å². The first-order valence-electron chi connectivity index (χ1n) is 6.98. The average molecular weight is 352 g/mol. The minimum Gasteiger partial charge on any atom is -0.457 e. The highest BCUT2D eigenvalue weighted by molar-refractivity contribution is 9.10. The van der Waals surface area contributed by atoms with E-state index in [1.807, 2.05) is 18.2 Å². The van der Waals surface area contributed by atoms with E-state index >= 15 is 0 Å². The summed E-state index contributed by atoms with van der Waals surface area (Å²) in [7, 11) is 0. The monoisotopic (exact) mass is 351 g/mol. The molecule has 0 spiro atoms. The molecule has 1 unspecified atom stereocenters. The zero-order chi connectivity index (χ0) is 15.4. The zero-order valence-corrected chi connectivity index (χ0v) is 14.0. The van der Waals surface area contributed by atoms with Crippen molar-refractivity contribution in [2.45, 2.75) is 26.8 Å². The minimum absolute atomic E-state index is 0.170. The number of ether oxygens (including phenoxy) is 1. The second-order valence-electron chi connectivity index (χ2n) is 4.97. The van der Waals surface area contributed by atoms with Gasteiger partial charge in [0.25, 0.3) is 0 Å². The van der Waals surface area contributed by atoms with Gasteiger partial charge in [0.1, 0.15) is 17.3 Å². The van der Waals surface area contributed by atoms with Gasteiger partial charge in [0, 0.05) is 16.1 Å². The molecule has 0 radical (unpaired) electrons. The molecule has 0 aromatic heterocycles. The first-order chi connectivity index (χ1) is 10.0. The number of nitrogens with one attached hydrogen (secondary N) is 1. The van der Waals surface area contributed by atoms with E-state index in [0.717, 1.165) is 22.3 Å². The lowest BCUT2D eigenvalue weighted by atomic mass is 10.1. The quantitative estimate of drug-likeness (QED) is 0.782. The van der Waals surface area contributed by atoms with E-state index in [-0.39, 0.29) is 11.9 Å². The van der Waals surface area contributed by atoms with Crippen LogP contribution in [0.25, 0.3) is 0 Å². The van der Waals surface area contributed by atoms with Crippen molar-refractivity contribution >= 4 is 15.9 Å². The van der Waals surface area contributed by atoms with Crippen LogP contribution in [0.4, 0.5) is 4.39 Å². The maximum absolute atomic E-state index is 13.3.